The quantitative estimate of drug-likeness (QED) is 0.649. The molecular weight excluding hydrogens is 274 g/mol. The van der Waals surface area contributed by atoms with Gasteiger partial charge in [-0.15, -0.1) is 0 Å². The number of methoxy groups -OCH3 is 1. The maximum Gasteiger partial charge on any atom is 0.278 e. The van der Waals surface area contributed by atoms with Gasteiger partial charge in [0.2, 0.25) is 5.88 Å². The third kappa shape index (κ3) is 3.82. The molecule has 21 heavy (non-hydrogen) atoms. The summed E-state index contributed by atoms with van der Waals surface area (Å²) in [5.41, 5.74) is 0.842. The highest BCUT2D eigenvalue weighted by Gasteiger charge is 2.11. The molecular formula is C14H15N3O4. The number of hydrogen-bond donors (Lipinski definition) is 1. The van der Waals surface area contributed by atoms with Gasteiger partial charge >= 0.3 is 0 Å². The summed E-state index contributed by atoms with van der Waals surface area (Å²) in [6, 6.07) is 9.99. The monoisotopic (exact) mass is 289 g/mol. The molecule has 1 heterocycles. The fourth-order valence-corrected chi connectivity index (χ4v) is 1.68. The van der Waals surface area contributed by atoms with Crippen molar-refractivity contribution in [2.45, 2.75) is 6.61 Å². The molecule has 0 aliphatic rings. The summed E-state index contributed by atoms with van der Waals surface area (Å²) >= 11 is 0. The van der Waals surface area contributed by atoms with E-state index < -0.39 is 4.92 Å². The third-order valence-electron chi connectivity index (χ3n) is 2.80. The van der Waals surface area contributed by atoms with E-state index >= 15 is 0 Å². The highest BCUT2D eigenvalue weighted by Crippen LogP contribution is 2.22. The molecule has 1 N–H and O–H groups in total. The molecule has 110 valence electrons. The van der Waals surface area contributed by atoms with Crippen LogP contribution in [-0.4, -0.2) is 24.1 Å². The molecule has 0 saturated heterocycles. The fourth-order valence-electron chi connectivity index (χ4n) is 1.68. The molecule has 0 atom stereocenters. The Morgan fingerprint density at radius 1 is 1.29 bits per heavy atom. The van der Waals surface area contributed by atoms with Crippen molar-refractivity contribution >= 4 is 11.5 Å². The predicted octanol–water partition coefficient (Wildman–Crippen LogP) is 2.62. The summed E-state index contributed by atoms with van der Waals surface area (Å²) < 4.78 is 10.6. The average molecular weight is 289 g/mol. The summed E-state index contributed by atoms with van der Waals surface area (Å²) in [5.74, 6) is 1.34. The minimum atomic E-state index is -0.483. The predicted molar refractivity (Wildman–Crippen MR) is 77.8 cm³/mol. The summed E-state index contributed by atoms with van der Waals surface area (Å²) in [4.78, 5) is 14.5. The lowest BCUT2D eigenvalue weighted by molar-refractivity contribution is -0.384. The van der Waals surface area contributed by atoms with Gasteiger partial charge in [0.05, 0.1) is 24.2 Å². The van der Waals surface area contributed by atoms with Crippen LogP contribution < -0.4 is 14.8 Å². The molecule has 7 heteroatoms. The summed E-state index contributed by atoms with van der Waals surface area (Å²) in [6.45, 7) is 0.265. The van der Waals surface area contributed by atoms with E-state index in [2.05, 4.69) is 10.3 Å². The smallest absolute Gasteiger partial charge is 0.278 e. The molecule has 7 nitrogen and oxygen atoms in total. The molecule has 0 bridgehead atoms. The lowest BCUT2D eigenvalue weighted by atomic mass is 10.2. The highest BCUT2D eigenvalue weighted by molar-refractivity contribution is 5.47. The van der Waals surface area contributed by atoms with Crippen molar-refractivity contribution in [3.05, 3.63) is 52.1 Å². The zero-order valence-electron chi connectivity index (χ0n) is 11.7. The van der Waals surface area contributed by atoms with Gasteiger partial charge in [-0.2, -0.15) is 4.98 Å². The van der Waals surface area contributed by atoms with Gasteiger partial charge in [0, 0.05) is 7.05 Å². The number of anilines is 1. The molecule has 2 rings (SSSR count). The van der Waals surface area contributed by atoms with Crippen LogP contribution in [0.25, 0.3) is 0 Å². The van der Waals surface area contributed by atoms with Crippen molar-refractivity contribution in [3.63, 3.8) is 0 Å². The molecule has 0 saturated carbocycles. The first-order valence-electron chi connectivity index (χ1n) is 6.22. The summed E-state index contributed by atoms with van der Waals surface area (Å²) in [5, 5.41) is 13.6. The molecule has 0 aliphatic carbocycles. The topological polar surface area (TPSA) is 86.5 Å². The number of hydrogen-bond acceptors (Lipinski definition) is 6. The maximum absolute atomic E-state index is 10.8. The van der Waals surface area contributed by atoms with E-state index in [-0.39, 0.29) is 18.2 Å². The second kappa shape index (κ2) is 6.56. The Hall–Kier alpha value is -2.83. The Labute approximate surface area is 121 Å². The highest BCUT2D eigenvalue weighted by atomic mass is 16.6. The number of aromatic nitrogens is 1. The van der Waals surface area contributed by atoms with Gasteiger partial charge < -0.3 is 14.8 Å². The third-order valence-corrected chi connectivity index (χ3v) is 2.80. The minimum Gasteiger partial charge on any atom is -0.497 e. The lowest BCUT2D eigenvalue weighted by Gasteiger charge is -2.08. The molecule has 0 amide bonds. The SMILES string of the molecule is CNc1cc([N+](=O)[O-])cc(OCc2ccc(OC)cc2)n1. The van der Waals surface area contributed by atoms with Crippen molar-refractivity contribution in [1.29, 1.82) is 0 Å². The summed E-state index contributed by atoms with van der Waals surface area (Å²) in [6.07, 6.45) is 0. The first-order valence-corrected chi connectivity index (χ1v) is 6.22. The largest absolute Gasteiger partial charge is 0.497 e. The van der Waals surface area contributed by atoms with E-state index in [1.807, 2.05) is 24.3 Å². The maximum atomic E-state index is 10.8. The van der Waals surface area contributed by atoms with Crippen LogP contribution in [0.4, 0.5) is 11.5 Å². The molecule has 1 aromatic heterocycles. The number of nitro groups is 1. The normalized spacial score (nSPS) is 10.0. The van der Waals surface area contributed by atoms with Crippen LogP contribution in [0.5, 0.6) is 11.6 Å². The van der Waals surface area contributed by atoms with Crippen LogP contribution in [0, 0.1) is 10.1 Å². The Morgan fingerprint density at radius 3 is 2.57 bits per heavy atom. The first kappa shape index (κ1) is 14.6. The van der Waals surface area contributed by atoms with Crippen molar-refractivity contribution in [2.75, 3.05) is 19.5 Å². The lowest BCUT2D eigenvalue weighted by Crippen LogP contribution is -2.01. The molecule has 0 aliphatic heterocycles. The summed E-state index contributed by atoms with van der Waals surface area (Å²) in [7, 11) is 3.23. The van der Waals surface area contributed by atoms with E-state index in [1.54, 1.807) is 14.2 Å². The van der Waals surface area contributed by atoms with Crippen molar-refractivity contribution < 1.29 is 14.4 Å². The molecule has 0 unspecified atom stereocenters. The number of nitrogens with zero attached hydrogens (tertiary/aromatic N) is 2. The number of rotatable bonds is 6. The zero-order chi connectivity index (χ0) is 15.2. The van der Waals surface area contributed by atoms with Gasteiger partial charge in [-0.25, -0.2) is 0 Å². The number of nitrogens with one attached hydrogen (secondary N) is 1. The van der Waals surface area contributed by atoms with Crippen LogP contribution in [0.2, 0.25) is 0 Å². The van der Waals surface area contributed by atoms with Gasteiger partial charge in [0.1, 0.15) is 18.2 Å². The number of pyridine rings is 1. The number of benzene rings is 1. The standard InChI is InChI=1S/C14H15N3O4/c1-15-13-7-11(17(18)19)8-14(16-13)21-9-10-3-5-12(20-2)6-4-10/h3-8H,9H2,1-2H3,(H,15,16). The average Bonchev–Trinajstić information content (AvgIpc) is 2.53. The van der Waals surface area contributed by atoms with Crippen molar-refractivity contribution in [1.82, 2.24) is 4.98 Å². The van der Waals surface area contributed by atoms with Crippen LogP contribution >= 0.6 is 0 Å². The van der Waals surface area contributed by atoms with Gasteiger partial charge in [-0.05, 0) is 17.7 Å². The van der Waals surface area contributed by atoms with Crippen LogP contribution in [0.3, 0.4) is 0 Å². The molecule has 0 fully saturated rings. The fraction of sp³-hybridized carbons (Fsp3) is 0.214. The van der Waals surface area contributed by atoms with E-state index in [1.165, 1.54) is 12.1 Å². The van der Waals surface area contributed by atoms with Crippen molar-refractivity contribution in [3.8, 4) is 11.6 Å². The Balaban J connectivity index is 2.11. The van der Waals surface area contributed by atoms with Crippen LogP contribution in [-0.2, 0) is 6.61 Å². The van der Waals surface area contributed by atoms with Gasteiger partial charge in [-0.1, -0.05) is 12.1 Å². The van der Waals surface area contributed by atoms with E-state index in [9.17, 15) is 10.1 Å². The first-order chi connectivity index (χ1) is 10.1. The second-order valence-electron chi connectivity index (χ2n) is 4.19. The van der Waals surface area contributed by atoms with E-state index in [0.717, 1.165) is 11.3 Å². The molecule has 1 aromatic carbocycles. The van der Waals surface area contributed by atoms with E-state index in [4.69, 9.17) is 9.47 Å². The second-order valence-corrected chi connectivity index (χ2v) is 4.19. The van der Waals surface area contributed by atoms with Crippen LogP contribution in [0.1, 0.15) is 5.56 Å². The van der Waals surface area contributed by atoms with E-state index in [0.29, 0.717) is 5.82 Å². The number of ether oxygens (including phenoxy) is 2. The van der Waals surface area contributed by atoms with Crippen molar-refractivity contribution in [2.24, 2.45) is 0 Å². The van der Waals surface area contributed by atoms with Gasteiger partial charge in [0.15, 0.2) is 0 Å². The van der Waals surface area contributed by atoms with Crippen LogP contribution in [0.15, 0.2) is 36.4 Å². The van der Waals surface area contributed by atoms with Gasteiger partial charge in [0.25, 0.3) is 5.69 Å². The Morgan fingerprint density at radius 2 is 2.00 bits per heavy atom. The Kier molecular flexibility index (Phi) is 4.55. The molecule has 0 radical (unpaired) electrons. The minimum absolute atomic E-state index is 0.0703. The molecule has 2 aromatic rings. The zero-order valence-corrected chi connectivity index (χ0v) is 11.7. The van der Waals surface area contributed by atoms with Gasteiger partial charge in [-0.3, -0.25) is 10.1 Å². The molecule has 0 spiro atoms. The Bertz CT molecular complexity index is 629.